The van der Waals surface area contributed by atoms with Crippen molar-refractivity contribution in [2.75, 3.05) is 6.54 Å². The van der Waals surface area contributed by atoms with Crippen LogP contribution < -0.4 is 0 Å². The van der Waals surface area contributed by atoms with E-state index in [4.69, 9.17) is 5.11 Å². The number of amides is 1. The summed E-state index contributed by atoms with van der Waals surface area (Å²) in [4.78, 5) is 24.0. The number of carbonyl (C=O) groups is 2. The van der Waals surface area contributed by atoms with E-state index in [1.807, 2.05) is 0 Å². The van der Waals surface area contributed by atoms with Crippen molar-refractivity contribution in [2.24, 2.45) is 5.92 Å². The zero-order valence-corrected chi connectivity index (χ0v) is 9.19. The van der Waals surface area contributed by atoms with Crippen molar-refractivity contribution in [2.45, 2.75) is 32.2 Å². The Morgan fingerprint density at radius 2 is 2.33 bits per heavy atom. The number of carboxylic acids is 1. The normalized spacial score (nSPS) is 21.9. The van der Waals surface area contributed by atoms with Crippen LogP contribution in [0.4, 0.5) is 0 Å². The number of aliphatic carboxylic acids is 1. The Kier molecular flexibility index (Phi) is 3.17. The number of carboxylic acid groups (broad SMARTS) is 1. The first-order chi connectivity index (χ1) is 6.86. The van der Waals surface area contributed by atoms with Crippen molar-refractivity contribution in [3.8, 4) is 0 Å². The zero-order valence-electron chi connectivity index (χ0n) is 9.19. The maximum absolute atomic E-state index is 11.7. The molecule has 1 atom stereocenters. The van der Waals surface area contributed by atoms with Crippen molar-refractivity contribution < 1.29 is 14.7 Å². The molecule has 0 saturated carbocycles. The van der Waals surface area contributed by atoms with Gasteiger partial charge in [0, 0.05) is 24.4 Å². The summed E-state index contributed by atoms with van der Waals surface area (Å²) in [6, 6.07) is 0. The van der Waals surface area contributed by atoms with Crippen LogP contribution in [0.25, 0.3) is 0 Å². The van der Waals surface area contributed by atoms with Crippen molar-refractivity contribution >= 4 is 11.9 Å². The summed E-state index contributed by atoms with van der Waals surface area (Å²) < 4.78 is 0. The Morgan fingerprint density at radius 1 is 1.73 bits per heavy atom. The molecule has 1 unspecified atom stereocenters. The lowest BCUT2D eigenvalue weighted by atomic mass is 9.98. The summed E-state index contributed by atoms with van der Waals surface area (Å²) in [5.74, 6) is -0.702. The quantitative estimate of drug-likeness (QED) is 0.712. The second-order valence-electron chi connectivity index (χ2n) is 4.59. The van der Waals surface area contributed by atoms with E-state index < -0.39 is 11.5 Å². The van der Waals surface area contributed by atoms with E-state index in [9.17, 15) is 9.59 Å². The van der Waals surface area contributed by atoms with Crippen LogP contribution >= 0.6 is 0 Å². The second-order valence-corrected chi connectivity index (χ2v) is 4.59. The minimum Gasteiger partial charge on any atom is -0.481 e. The average molecular weight is 211 g/mol. The SMILES string of the molecule is C=CC1CC(=O)N(C(C)(C)CC(=O)O)C1. The maximum Gasteiger partial charge on any atom is 0.305 e. The first-order valence-electron chi connectivity index (χ1n) is 5.01. The van der Waals surface area contributed by atoms with Crippen molar-refractivity contribution in [3.05, 3.63) is 12.7 Å². The Balaban J connectivity index is 2.75. The highest BCUT2D eigenvalue weighted by Crippen LogP contribution is 2.28. The summed E-state index contributed by atoms with van der Waals surface area (Å²) >= 11 is 0. The van der Waals surface area contributed by atoms with E-state index in [0.29, 0.717) is 13.0 Å². The molecule has 84 valence electrons. The number of rotatable bonds is 4. The molecule has 1 saturated heterocycles. The fourth-order valence-electron chi connectivity index (χ4n) is 1.94. The number of hydrogen-bond donors (Lipinski definition) is 1. The molecule has 0 aromatic carbocycles. The van der Waals surface area contributed by atoms with Gasteiger partial charge in [-0.05, 0) is 13.8 Å². The molecular weight excluding hydrogens is 194 g/mol. The molecule has 0 spiro atoms. The third kappa shape index (κ3) is 2.58. The van der Waals surface area contributed by atoms with E-state index in [2.05, 4.69) is 6.58 Å². The number of likely N-dealkylation sites (tertiary alicyclic amines) is 1. The van der Waals surface area contributed by atoms with E-state index in [1.54, 1.807) is 24.8 Å². The lowest BCUT2D eigenvalue weighted by Crippen LogP contribution is -2.46. The lowest BCUT2D eigenvalue weighted by molar-refractivity contribution is -0.142. The van der Waals surface area contributed by atoms with Crippen LogP contribution in [-0.2, 0) is 9.59 Å². The highest BCUT2D eigenvalue weighted by atomic mass is 16.4. The smallest absolute Gasteiger partial charge is 0.305 e. The van der Waals surface area contributed by atoms with Crippen LogP contribution in [0.15, 0.2) is 12.7 Å². The summed E-state index contributed by atoms with van der Waals surface area (Å²) in [5.41, 5.74) is -0.610. The Morgan fingerprint density at radius 3 is 2.73 bits per heavy atom. The van der Waals surface area contributed by atoms with Crippen molar-refractivity contribution in [1.29, 1.82) is 0 Å². The molecule has 0 aromatic rings. The topological polar surface area (TPSA) is 57.6 Å². The van der Waals surface area contributed by atoms with Gasteiger partial charge in [-0.3, -0.25) is 9.59 Å². The van der Waals surface area contributed by atoms with Gasteiger partial charge in [0.25, 0.3) is 0 Å². The Labute approximate surface area is 89.6 Å². The predicted molar refractivity (Wildman–Crippen MR) is 56.3 cm³/mol. The van der Waals surface area contributed by atoms with Gasteiger partial charge < -0.3 is 10.0 Å². The average Bonchev–Trinajstić information content (AvgIpc) is 2.45. The first-order valence-corrected chi connectivity index (χ1v) is 5.01. The van der Waals surface area contributed by atoms with Gasteiger partial charge in [-0.1, -0.05) is 6.08 Å². The monoisotopic (exact) mass is 211 g/mol. The fourth-order valence-corrected chi connectivity index (χ4v) is 1.94. The van der Waals surface area contributed by atoms with Gasteiger partial charge in [0.15, 0.2) is 0 Å². The van der Waals surface area contributed by atoms with Crippen LogP contribution in [0.2, 0.25) is 0 Å². The van der Waals surface area contributed by atoms with E-state index in [-0.39, 0.29) is 18.2 Å². The van der Waals surface area contributed by atoms with Gasteiger partial charge in [-0.2, -0.15) is 0 Å². The highest BCUT2D eigenvalue weighted by Gasteiger charge is 2.38. The van der Waals surface area contributed by atoms with E-state index in [0.717, 1.165) is 0 Å². The first kappa shape index (κ1) is 11.8. The van der Waals surface area contributed by atoms with Crippen LogP contribution in [0, 0.1) is 5.92 Å². The number of nitrogens with zero attached hydrogens (tertiary/aromatic N) is 1. The molecule has 0 aliphatic carbocycles. The third-order valence-corrected chi connectivity index (χ3v) is 2.80. The van der Waals surface area contributed by atoms with Gasteiger partial charge in [-0.25, -0.2) is 0 Å². The molecule has 1 aliphatic heterocycles. The van der Waals surface area contributed by atoms with Crippen LogP contribution in [0.5, 0.6) is 0 Å². The molecule has 4 heteroatoms. The van der Waals surface area contributed by atoms with Crippen LogP contribution in [0.3, 0.4) is 0 Å². The largest absolute Gasteiger partial charge is 0.481 e. The molecule has 1 amide bonds. The second kappa shape index (κ2) is 4.04. The Hall–Kier alpha value is -1.32. The lowest BCUT2D eigenvalue weighted by Gasteiger charge is -2.34. The zero-order chi connectivity index (χ0) is 11.6. The number of hydrogen-bond acceptors (Lipinski definition) is 2. The molecule has 1 rings (SSSR count). The standard InChI is InChI=1S/C11H17NO3/c1-4-8-5-9(13)12(7-8)11(2,3)6-10(14)15/h4,8H,1,5-7H2,2-3H3,(H,14,15). The van der Waals surface area contributed by atoms with Gasteiger partial charge in [0.1, 0.15) is 0 Å². The Bertz CT molecular complexity index is 296. The van der Waals surface area contributed by atoms with Crippen LogP contribution in [-0.4, -0.2) is 34.0 Å². The minimum atomic E-state index is -0.880. The molecule has 15 heavy (non-hydrogen) atoms. The summed E-state index contributed by atoms with van der Waals surface area (Å²) in [7, 11) is 0. The van der Waals surface area contributed by atoms with E-state index in [1.165, 1.54) is 0 Å². The molecule has 1 aliphatic rings. The molecule has 1 heterocycles. The van der Waals surface area contributed by atoms with Gasteiger partial charge >= 0.3 is 5.97 Å². The van der Waals surface area contributed by atoms with Crippen LogP contribution in [0.1, 0.15) is 26.7 Å². The summed E-state index contributed by atoms with van der Waals surface area (Å²) in [6.45, 7) is 7.81. The van der Waals surface area contributed by atoms with Crippen molar-refractivity contribution in [3.63, 3.8) is 0 Å². The molecule has 4 nitrogen and oxygen atoms in total. The molecule has 0 radical (unpaired) electrons. The molecule has 1 fully saturated rings. The molecular formula is C11H17NO3. The minimum absolute atomic E-state index is 0.0196. The fraction of sp³-hybridized carbons (Fsp3) is 0.636. The van der Waals surface area contributed by atoms with Gasteiger partial charge in [-0.15, -0.1) is 6.58 Å². The number of carbonyl (C=O) groups excluding carboxylic acids is 1. The van der Waals surface area contributed by atoms with E-state index >= 15 is 0 Å². The maximum atomic E-state index is 11.7. The van der Waals surface area contributed by atoms with Crippen molar-refractivity contribution in [1.82, 2.24) is 4.90 Å². The predicted octanol–water partition coefficient (Wildman–Crippen LogP) is 1.27. The molecule has 1 N–H and O–H groups in total. The molecule has 0 bridgehead atoms. The summed E-state index contributed by atoms with van der Waals surface area (Å²) in [6.07, 6.45) is 2.18. The highest BCUT2D eigenvalue weighted by molar-refractivity contribution is 5.80. The van der Waals surface area contributed by atoms with Gasteiger partial charge in [0.2, 0.25) is 5.91 Å². The van der Waals surface area contributed by atoms with Gasteiger partial charge in [0.05, 0.1) is 6.42 Å². The summed E-state index contributed by atoms with van der Waals surface area (Å²) in [5, 5.41) is 8.76. The third-order valence-electron chi connectivity index (χ3n) is 2.80. The molecule has 0 aromatic heterocycles.